The van der Waals surface area contributed by atoms with E-state index in [1.54, 1.807) is 11.7 Å². The Kier molecular flexibility index (Phi) is 4.29. The molecule has 1 heterocycles. The zero-order valence-electron chi connectivity index (χ0n) is 10.1. The predicted molar refractivity (Wildman–Crippen MR) is 76.3 cm³/mol. The second kappa shape index (κ2) is 5.75. The van der Waals surface area contributed by atoms with Gasteiger partial charge < -0.3 is 11.1 Å². The first kappa shape index (κ1) is 13.4. The number of thiazole rings is 1. The van der Waals surface area contributed by atoms with E-state index in [0.717, 1.165) is 37.0 Å². The van der Waals surface area contributed by atoms with Gasteiger partial charge in [0, 0.05) is 11.1 Å². The molecular weight excluding hydrogens is 266 g/mol. The minimum absolute atomic E-state index is 0.0249. The number of hydrogen-bond donors (Lipinski definition) is 2. The van der Waals surface area contributed by atoms with Crippen LogP contribution in [0.4, 0.5) is 0 Å². The van der Waals surface area contributed by atoms with Crippen molar-refractivity contribution in [3.63, 3.8) is 0 Å². The number of carbonyl (C=O) groups excluding carboxylic acids is 1. The van der Waals surface area contributed by atoms with Crippen molar-refractivity contribution < 1.29 is 4.79 Å². The molecule has 0 aromatic carbocycles. The van der Waals surface area contributed by atoms with Crippen LogP contribution >= 0.6 is 23.6 Å². The summed E-state index contributed by atoms with van der Waals surface area (Å²) in [6.45, 7) is 0.508. The number of nitrogens with two attached hydrogens (primary N) is 1. The molecule has 1 aromatic heterocycles. The molecule has 0 unspecified atom stereocenters. The summed E-state index contributed by atoms with van der Waals surface area (Å²) in [6, 6.07) is 0. The normalized spacial score (nSPS) is 18.2. The Bertz CT molecular complexity index is 425. The number of nitrogens with one attached hydrogen (secondary N) is 1. The van der Waals surface area contributed by atoms with Crippen molar-refractivity contribution in [2.75, 3.05) is 0 Å². The highest BCUT2D eigenvalue weighted by molar-refractivity contribution is 7.80. The van der Waals surface area contributed by atoms with Crippen LogP contribution in [0.5, 0.6) is 0 Å². The van der Waals surface area contributed by atoms with Gasteiger partial charge in [-0.2, -0.15) is 0 Å². The third-order valence-electron chi connectivity index (χ3n) is 3.52. The molecule has 0 saturated heterocycles. The lowest BCUT2D eigenvalue weighted by atomic mass is 9.73. The number of nitrogens with zero attached hydrogens (tertiary/aromatic N) is 1. The molecule has 1 amide bonds. The molecule has 98 valence electrons. The summed E-state index contributed by atoms with van der Waals surface area (Å²) in [6.07, 6.45) is 6.51. The van der Waals surface area contributed by atoms with Crippen molar-refractivity contribution in [2.24, 2.45) is 11.1 Å². The minimum atomic E-state index is -0.627. The van der Waals surface area contributed by atoms with Gasteiger partial charge in [-0.15, -0.1) is 11.3 Å². The highest BCUT2D eigenvalue weighted by atomic mass is 32.1. The molecule has 1 saturated carbocycles. The molecular formula is C12H17N3OS2. The van der Waals surface area contributed by atoms with Crippen molar-refractivity contribution in [2.45, 2.75) is 38.6 Å². The van der Waals surface area contributed by atoms with Crippen molar-refractivity contribution in [3.8, 4) is 0 Å². The topological polar surface area (TPSA) is 68.0 Å². The van der Waals surface area contributed by atoms with E-state index >= 15 is 0 Å². The molecule has 6 heteroatoms. The van der Waals surface area contributed by atoms with Crippen LogP contribution in [0.15, 0.2) is 11.7 Å². The van der Waals surface area contributed by atoms with Crippen LogP contribution in [0.1, 0.15) is 37.0 Å². The van der Waals surface area contributed by atoms with Crippen LogP contribution in [0.25, 0.3) is 0 Å². The first-order valence-corrected chi connectivity index (χ1v) is 7.39. The molecule has 3 N–H and O–H groups in total. The number of rotatable bonds is 4. The summed E-state index contributed by atoms with van der Waals surface area (Å²) < 4.78 is 0. The van der Waals surface area contributed by atoms with Gasteiger partial charge in [0.15, 0.2) is 0 Å². The van der Waals surface area contributed by atoms with Gasteiger partial charge in [-0.3, -0.25) is 9.78 Å². The molecule has 0 spiro atoms. The van der Waals surface area contributed by atoms with Gasteiger partial charge in [0.2, 0.25) is 5.91 Å². The third-order valence-corrected chi connectivity index (χ3v) is 4.69. The van der Waals surface area contributed by atoms with E-state index in [1.165, 1.54) is 11.3 Å². The lowest BCUT2D eigenvalue weighted by molar-refractivity contribution is -0.129. The van der Waals surface area contributed by atoms with Crippen LogP contribution in [0.3, 0.4) is 0 Å². The fourth-order valence-electron chi connectivity index (χ4n) is 2.41. The SMILES string of the molecule is NC(=S)C1(C(=O)NCc2cncs2)CCCCC1. The number of amides is 1. The maximum absolute atomic E-state index is 12.4. The summed E-state index contributed by atoms with van der Waals surface area (Å²) in [5.41, 5.74) is 6.94. The fraction of sp³-hybridized carbons (Fsp3) is 0.583. The molecule has 0 aliphatic heterocycles. The highest BCUT2D eigenvalue weighted by Crippen LogP contribution is 2.37. The zero-order chi connectivity index (χ0) is 13.0. The quantitative estimate of drug-likeness (QED) is 0.829. The Hall–Kier alpha value is -1.01. The number of aromatic nitrogens is 1. The van der Waals surface area contributed by atoms with E-state index in [0.29, 0.717) is 11.5 Å². The van der Waals surface area contributed by atoms with E-state index in [9.17, 15) is 4.79 Å². The first-order chi connectivity index (χ1) is 8.65. The van der Waals surface area contributed by atoms with Crippen LogP contribution in [-0.4, -0.2) is 15.9 Å². The summed E-state index contributed by atoms with van der Waals surface area (Å²) in [7, 11) is 0. The molecule has 4 nitrogen and oxygen atoms in total. The average Bonchev–Trinajstić information content (AvgIpc) is 2.89. The van der Waals surface area contributed by atoms with Crippen LogP contribution in [0, 0.1) is 5.41 Å². The maximum atomic E-state index is 12.4. The summed E-state index contributed by atoms with van der Waals surface area (Å²) in [5, 5.41) is 2.94. The van der Waals surface area contributed by atoms with Crippen molar-refractivity contribution >= 4 is 34.5 Å². The first-order valence-electron chi connectivity index (χ1n) is 6.11. The molecule has 2 rings (SSSR count). The molecule has 1 aromatic rings. The fourth-order valence-corrected chi connectivity index (χ4v) is 3.24. The number of hydrogen-bond acceptors (Lipinski definition) is 4. The molecule has 1 aliphatic rings. The monoisotopic (exact) mass is 283 g/mol. The van der Waals surface area contributed by atoms with Crippen molar-refractivity contribution in [1.82, 2.24) is 10.3 Å². The van der Waals surface area contributed by atoms with Crippen molar-refractivity contribution in [3.05, 3.63) is 16.6 Å². The standard InChI is InChI=1S/C12H17N3OS2/c13-10(17)12(4-2-1-3-5-12)11(16)15-7-9-6-14-8-18-9/h6,8H,1-5,7H2,(H2,13,17)(H,15,16). The molecule has 0 atom stereocenters. The van der Waals surface area contributed by atoms with Crippen molar-refractivity contribution in [1.29, 1.82) is 0 Å². The highest BCUT2D eigenvalue weighted by Gasteiger charge is 2.42. The summed E-state index contributed by atoms with van der Waals surface area (Å²) in [5.74, 6) is -0.0249. The Morgan fingerprint density at radius 2 is 2.22 bits per heavy atom. The van der Waals surface area contributed by atoms with E-state index in [1.807, 2.05) is 0 Å². The van der Waals surface area contributed by atoms with Gasteiger partial charge in [-0.05, 0) is 12.8 Å². The Labute approximate surface area is 116 Å². The second-order valence-electron chi connectivity index (χ2n) is 4.66. The van der Waals surface area contributed by atoms with Gasteiger partial charge >= 0.3 is 0 Å². The Morgan fingerprint density at radius 1 is 1.50 bits per heavy atom. The van der Waals surface area contributed by atoms with E-state index in [2.05, 4.69) is 10.3 Å². The molecule has 1 fully saturated rings. The van der Waals surface area contributed by atoms with Gasteiger partial charge in [0.05, 0.1) is 22.5 Å². The lowest BCUT2D eigenvalue weighted by Crippen LogP contribution is -2.49. The average molecular weight is 283 g/mol. The zero-order valence-corrected chi connectivity index (χ0v) is 11.8. The van der Waals surface area contributed by atoms with E-state index < -0.39 is 5.41 Å². The molecule has 18 heavy (non-hydrogen) atoms. The second-order valence-corrected chi connectivity index (χ2v) is 6.07. The number of thiocarbonyl (C=S) groups is 1. The number of carbonyl (C=O) groups is 1. The third kappa shape index (κ3) is 2.70. The Balaban J connectivity index is 2.02. The van der Waals surface area contributed by atoms with E-state index in [4.69, 9.17) is 18.0 Å². The van der Waals surface area contributed by atoms with Crippen LogP contribution < -0.4 is 11.1 Å². The van der Waals surface area contributed by atoms with Gasteiger partial charge in [0.25, 0.3) is 0 Å². The summed E-state index contributed by atoms with van der Waals surface area (Å²) >= 11 is 6.65. The Morgan fingerprint density at radius 3 is 2.78 bits per heavy atom. The molecule has 0 radical (unpaired) electrons. The smallest absolute Gasteiger partial charge is 0.233 e. The van der Waals surface area contributed by atoms with Gasteiger partial charge in [0.1, 0.15) is 0 Å². The van der Waals surface area contributed by atoms with Gasteiger partial charge in [-0.1, -0.05) is 31.5 Å². The summed E-state index contributed by atoms with van der Waals surface area (Å²) in [4.78, 5) is 17.7. The predicted octanol–water partition coefficient (Wildman–Crippen LogP) is 2.00. The molecule has 0 bridgehead atoms. The lowest BCUT2D eigenvalue weighted by Gasteiger charge is -2.34. The van der Waals surface area contributed by atoms with E-state index in [-0.39, 0.29) is 5.91 Å². The van der Waals surface area contributed by atoms with Crippen LogP contribution in [-0.2, 0) is 11.3 Å². The van der Waals surface area contributed by atoms with Crippen LogP contribution in [0.2, 0.25) is 0 Å². The largest absolute Gasteiger partial charge is 0.392 e. The maximum Gasteiger partial charge on any atom is 0.233 e. The molecule has 1 aliphatic carbocycles. The van der Waals surface area contributed by atoms with Gasteiger partial charge in [-0.25, -0.2) is 0 Å². The minimum Gasteiger partial charge on any atom is -0.392 e.